The van der Waals surface area contributed by atoms with Gasteiger partial charge in [0, 0.05) is 6.54 Å². The van der Waals surface area contributed by atoms with E-state index in [1.54, 1.807) is 19.1 Å². The van der Waals surface area contributed by atoms with Crippen molar-refractivity contribution in [2.24, 2.45) is 5.92 Å². The zero-order chi connectivity index (χ0) is 14.5. The zero-order valence-corrected chi connectivity index (χ0v) is 11.7. The van der Waals surface area contributed by atoms with Crippen molar-refractivity contribution < 1.29 is 14.3 Å². The van der Waals surface area contributed by atoms with Crippen molar-refractivity contribution in [3.8, 4) is 0 Å². The lowest BCUT2D eigenvalue weighted by molar-refractivity contribution is -0.122. The number of halogens is 1. The number of aliphatic hydroxyl groups is 1. The van der Waals surface area contributed by atoms with Crippen molar-refractivity contribution in [2.45, 2.75) is 39.2 Å². The predicted octanol–water partition coefficient (Wildman–Crippen LogP) is 2.28. The molecule has 0 saturated heterocycles. The number of benzene rings is 1. The van der Waals surface area contributed by atoms with E-state index in [0.717, 1.165) is 12.0 Å². The number of rotatable bonds is 6. The summed E-state index contributed by atoms with van der Waals surface area (Å²) in [5, 5.41) is 12.9. The van der Waals surface area contributed by atoms with Gasteiger partial charge in [-0.25, -0.2) is 4.39 Å². The molecule has 2 N–H and O–H groups in total. The SMILES string of the molecule is CCC(C)C(C)(O)CNC(=O)Cc1ccc(F)cc1. The van der Waals surface area contributed by atoms with Crippen LogP contribution in [0.3, 0.4) is 0 Å². The Labute approximate surface area is 113 Å². The molecule has 0 aliphatic carbocycles. The van der Waals surface area contributed by atoms with E-state index in [0.29, 0.717) is 0 Å². The van der Waals surface area contributed by atoms with Gasteiger partial charge < -0.3 is 10.4 Å². The molecule has 1 aromatic carbocycles. The first-order chi connectivity index (χ1) is 8.85. The van der Waals surface area contributed by atoms with E-state index in [1.807, 2.05) is 13.8 Å². The Hall–Kier alpha value is -1.42. The molecule has 0 spiro atoms. The van der Waals surface area contributed by atoms with Crippen LogP contribution in [0.2, 0.25) is 0 Å². The molecule has 1 amide bonds. The predicted molar refractivity (Wildman–Crippen MR) is 73.2 cm³/mol. The smallest absolute Gasteiger partial charge is 0.224 e. The van der Waals surface area contributed by atoms with E-state index in [4.69, 9.17) is 0 Å². The summed E-state index contributed by atoms with van der Waals surface area (Å²) in [4.78, 5) is 11.7. The summed E-state index contributed by atoms with van der Waals surface area (Å²) in [6, 6.07) is 5.83. The molecule has 2 unspecified atom stereocenters. The van der Waals surface area contributed by atoms with Gasteiger partial charge in [-0.05, 0) is 30.5 Å². The van der Waals surface area contributed by atoms with Crippen LogP contribution in [0, 0.1) is 11.7 Å². The lowest BCUT2D eigenvalue weighted by atomic mass is 9.88. The molecule has 0 radical (unpaired) electrons. The van der Waals surface area contributed by atoms with Gasteiger partial charge in [0.1, 0.15) is 5.82 Å². The first-order valence-corrected chi connectivity index (χ1v) is 6.58. The van der Waals surface area contributed by atoms with Gasteiger partial charge in [-0.1, -0.05) is 32.4 Å². The maximum absolute atomic E-state index is 12.7. The number of hydrogen-bond donors (Lipinski definition) is 2. The van der Waals surface area contributed by atoms with Crippen LogP contribution in [-0.2, 0) is 11.2 Å². The quantitative estimate of drug-likeness (QED) is 0.830. The van der Waals surface area contributed by atoms with Gasteiger partial charge in [0.25, 0.3) is 0 Å². The van der Waals surface area contributed by atoms with Crippen LogP contribution in [0.5, 0.6) is 0 Å². The molecule has 0 aliphatic rings. The molecule has 19 heavy (non-hydrogen) atoms. The molecule has 1 aromatic rings. The third kappa shape index (κ3) is 4.99. The minimum atomic E-state index is -0.910. The largest absolute Gasteiger partial charge is 0.388 e. The van der Waals surface area contributed by atoms with Gasteiger partial charge in [0.2, 0.25) is 5.91 Å². The van der Waals surface area contributed by atoms with E-state index < -0.39 is 5.60 Å². The average molecular weight is 267 g/mol. The molecule has 4 heteroatoms. The Bertz CT molecular complexity index is 415. The molecular formula is C15H22FNO2. The van der Waals surface area contributed by atoms with E-state index >= 15 is 0 Å². The van der Waals surface area contributed by atoms with Gasteiger partial charge >= 0.3 is 0 Å². The minimum Gasteiger partial charge on any atom is -0.388 e. The Balaban J connectivity index is 2.46. The minimum absolute atomic E-state index is 0.110. The highest BCUT2D eigenvalue weighted by atomic mass is 19.1. The average Bonchev–Trinajstić information content (AvgIpc) is 2.38. The van der Waals surface area contributed by atoms with Crippen molar-refractivity contribution in [3.63, 3.8) is 0 Å². The summed E-state index contributed by atoms with van der Waals surface area (Å²) in [7, 11) is 0. The number of amides is 1. The number of nitrogens with one attached hydrogen (secondary N) is 1. The molecule has 0 bridgehead atoms. The van der Waals surface area contributed by atoms with Gasteiger partial charge in [0.05, 0.1) is 12.0 Å². The monoisotopic (exact) mass is 267 g/mol. The third-order valence-electron chi connectivity index (χ3n) is 3.60. The van der Waals surface area contributed by atoms with Crippen LogP contribution >= 0.6 is 0 Å². The Morgan fingerprint density at radius 2 is 2.00 bits per heavy atom. The molecule has 0 aromatic heterocycles. The van der Waals surface area contributed by atoms with Crippen molar-refractivity contribution in [2.75, 3.05) is 6.54 Å². The second kappa shape index (κ2) is 6.66. The molecule has 0 aliphatic heterocycles. The molecule has 1 rings (SSSR count). The molecule has 0 heterocycles. The molecular weight excluding hydrogens is 245 g/mol. The first kappa shape index (κ1) is 15.6. The summed E-state index contributed by atoms with van der Waals surface area (Å²) in [6.07, 6.45) is 1.04. The fourth-order valence-electron chi connectivity index (χ4n) is 1.74. The highest BCUT2D eigenvalue weighted by Gasteiger charge is 2.27. The first-order valence-electron chi connectivity index (χ1n) is 6.58. The lowest BCUT2D eigenvalue weighted by Gasteiger charge is -2.29. The zero-order valence-electron chi connectivity index (χ0n) is 11.7. The number of carbonyl (C=O) groups is 1. The fourth-order valence-corrected chi connectivity index (χ4v) is 1.74. The van der Waals surface area contributed by atoms with E-state index in [9.17, 15) is 14.3 Å². The molecule has 106 valence electrons. The van der Waals surface area contributed by atoms with E-state index in [1.165, 1.54) is 12.1 Å². The molecule has 3 nitrogen and oxygen atoms in total. The standard InChI is InChI=1S/C15H22FNO2/c1-4-11(2)15(3,19)10-17-14(18)9-12-5-7-13(16)8-6-12/h5-8,11,19H,4,9-10H2,1-3H3,(H,17,18). The topological polar surface area (TPSA) is 49.3 Å². The second-order valence-electron chi connectivity index (χ2n) is 5.25. The summed E-state index contributed by atoms with van der Waals surface area (Å²) in [5.74, 6) is -0.377. The van der Waals surface area contributed by atoms with Crippen molar-refractivity contribution in [3.05, 3.63) is 35.6 Å². The maximum Gasteiger partial charge on any atom is 0.224 e. The van der Waals surface area contributed by atoms with Crippen LogP contribution < -0.4 is 5.32 Å². The lowest BCUT2D eigenvalue weighted by Crippen LogP contribution is -2.45. The van der Waals surface area contributed by atoms with Gasteiger partial charge in [-0.15, -0.1) is 0 Å². The van der Waals surface area contributed by atoms with Crippen LogP contribution in [0.1, 0.15) is 32.8 Å². The third-order valence-corrected chi connectivity index (χ3v) is 3.60. The molecule has 0 fully saturated rings. The van der Waals surface area contributed by atoms with Crippen LogP contribution in [-0.4, -0.2) is 23.2 Å². The van der Waals surface area contributed by atoms with E-state index in [2.05, 4.69) is 5.32 Å². The maximum atomic E-state index is 12.7. The van der Waals surface area contributed by atoms with Crippen molar-refractivity contribution in [1.82, 2.24) is 5.32 Å². The van der Waals surface area contributed by atoms with Crippen LogP contribution in [0.4, 0.5) is 4.39 Å². The molecule has 0 saturated carbocycles. The normalized spacial score (nSPS) is 15.6. The Morgan fingerprint density at radius 1 is 1.42 bits per heavy atom. The second-order valence-corrected chi connectivity index (χ2v) is 5.25. The Morgan fingerprint density at radius 3 is 2.53 bits per heavy atom. The van der Waals surface area contributed by atoms with Crippen molar-refractivity contribution >= 4 is 5.91 Å². The van der Waals surface area contributed by atoms with Gasteiger partial charge in [-0.3, -0.25) is 4.79 Å². The van der Waals surface area contributed by atoms with Gasteiger partial charge in [-0.2, -0.15) is 0 Å². The molecule has 2 atom stereocenters. The summed E-state index contributed by atoms with van der Waals surface area (Å²) in [6.45, 7) is 5.90. The highest BCUT2D eigenvalue weighted by Crippen LogP contribution is 2.18. The summed E-state index contributed by atoms with van der Waals surface area (Å²) < 4.78 is 12.7. The van der Waals surface area contributed by atoms with Crippen LogP contribution in [0.15, 0.2) is 24.3 Å². The number of hydrogen-bond acceptors (Lipinski definition) is 2. The van der Waals surface area contributed by atoms with Gasteiger partial charge in [0.15, 0.2) is 0 Å². The Kier molecular flexibility index (Phi) is 5.48. The summed E-state index contributed by atoms with van der Waals surface area (Å²) >= 11 is 0. The fraction of sp³-hybridized carbons (Fsp3) is 0.533. The van der Waals surface area contributed by atoms with Crippen LogP contribution in [0.25, 0.3) is 0 Å². The van der Waals surface area contributed by atoms with Crippen molar-refractivity contribution in [1.29, 1.82) is 0 Å². The van der Waals surface area contributed by atoms with E-state index in [-0.39, 0.29) is 30.6 Å². The number of carbonyl (C=O) groups excluding carboxylic acids is 1. The highest BCUT2D eigenvalue weighted by molar-refractivity contribution is 5.78. The summed E-state index contributed by atoms with van der Waals surface area (Å²) in [5.41, 5.74) is -0.158.